The van der Waals surface area contributed by atoms with Crippen LogP contribution in [0.1, 0.15) is 30.4 Å². The minimum Gasteiger partial charge on any atom is -0.426 e. The minimum absolute atomic E-state index is 0.0777. The van der Waals surface area contributed by atoms with Crippen molar-refractivity contribution in [3.8, 4) is 0 Å². The van der Waals surface area contributed by atoms with Gasteiger partial charge in [0, 0.05) is 37.6 Å². The largest absolute Gasteiger partial charge is 0.426 e. The van der Waals surface area contributed by atoms with Crippen LogP contribution in [0.25, 0.3) is 0 Å². The molecular formula is C22H33N7OS2. The molecule has 3 unspecified atom stereocenters. The van der Waals surface area contributed by atoms with Crippen LogP contribution in [0.4, 0.5) is 0 Å². The standard InChI is InChI=1S/C22H33N7OS2/c1-4-7-16(8-5-2)30-21-25-19(24-20(27-21)29-12-10-28(3)11-13-29)26-22-23-15-18(32-22)17-9-6-14-31-17/h4,6-9,14,18-19,22-23,26H,5,10-13,15H2,1-3H3,(H,24,25,27). The van der Waals surface area contributed by atoms with Crippen molar-refractivity contribution >= 4 is 35.1 Å². The first-order chi connectivity index (χ1) is 15.6. The van der Waals surface area contributed by atoms with Crippen molar-refractivity contribution in [3.05, 3.63) is 46.4 Å². The molecule has 3 aliphatic rings. The van der Waals surface area contributed by atoms with Crippen LogP contribution in [0.2, 0.25) is 0 Å². The molecule has 1 aromatic rings. The fourth-order valence-electron chi connectivity index (χ4n) is 3.69. The Morgan fingerprint density at radius 1 is 1.31 bits per heavy atom. The third-order valence-electron chi connectivity index (χ3n) is 5.41. The summed E-state index contributed by atoms with van der Waals surface area (Å²) in [7, 11) is 2.15. The molecule has 3 N–H and O–H groups in total. The second-order valence-electron chi connectivity index (χ2n) is 7.89. The highest BCUT2D eigenvalue weighted by atomic mass is 32.2. The fraction of sp³-hybridized carbons (Fsp3) is 0.545. The van der Waals surface area contributed by atoms with Gasteiger partial charge in [0.25, 0.3) is 6.02 Å². The smallest absolute Gasteiger partial charge is 0.300 e. The molecule has 4 heterocycles. The lowest BCUT2D eigenvalue weighted by atomic mass is 10.3. The van der Waals surface area contributed by atoms with E-state index >= 15 is 0 Å². The predicted molar refractivity (Wildman–Crippen MR) is 135 cm³/mol. The van der Waals surface area contributed by atoms with Crippen molar-refractivity contribution in [1.29, 1.82) is 0 Å². The SMILES string of the molecule is CC=CC(=CCC)OC1=NC(NC2NCC(c3cccs3)S2)N=C(N2CCN(C)CC2)N1. The van der Waals surface area contributed by atoms with Crippen LogP contribution >= 0.6 is 23.1 Å². The lowest BCUT2D eigenvalue weighted by molar-refractivity contribution is 0.210. The summed E-state index contributed by atoms with van der Waals surface area (Å²) in [4.78, 5) is 15.6. The number of allylic oxidation sites excluding steroid dienone is 3. The molecule has 32 heavy (non-hydrogen) atoms. The molecule has 10 heteroatoms. The predicted octanol–water partition coefficient (Wildman–Crippen LogP) is 2.73. The van der Waals surface area contributed by atoms with E-state index in [9.17, 15) is 0 Å². The van der Waals surface area contributed by atoms with Crippen LogP contribution in [-0.2, 0) is 4.74 Å². The number of guanidine groups is 1. The molecule has 2 fully saturated rings. The van der Waals surface area contributed by atoms with Crippen molar-refractivity contribution in [3.63, 3.8) is 0 Å². The molecule has 0 aliphatic carbocycles. The monoisotopic (exact) mass is 475 g/mol. The summed E-state index contributed by atoms with van der Waals surface area (Å²) in [5.41, 5.74) is 0.0777. The number of nitrogens with one attached hydrogen (secondary N) is 3. The van der Waals surface area contributed by atoms with Gasteiger partial charge in [-0.2, -0.15) is 4.99 Å². The van der Waals surface area contributed by atoms with Crippen LogP contribution in [0.5, 0.6) is 0 Å². The lowest BCUT2D eigenvalue weighted by Gasteiger charge is -2.36. The van der Waals surface area contributed by atoms with Gasteiger partial charge < -0.3 is 14.5 Å². The van der Waals surface area contributed by atoms with E-state index in [2.05, 4.69) is 57.2 Å². The number of thioether (sulfide) groups is 1. The van der Waals surface area contributed by atoms with Gasteiger partial charge >= 0.3 is 0 Å². The van der Waals surface area contributed by atoms with Gasteiger partial charge in [0.2, 0.25) is 12.2 Å². The number of nitrogens with zero attached hydrogens (tertiary/aromatic N) is 4. The van der Waals surface area contributed by atoms with Crippen LogP contribution in [0.15, 0.2) is 51.5 Å². The first kappa shape index (κ1) is 23.3. The Kier molecular flexibility index (Phi) is 8.26. The van der Waals surface area contributed by atoms with E-state index in [-0.39, 0.29) is 5.50 Å². The number of amidine groups is 1. The van der Waals surface area contributed by atoms with Crippen molar-refractivity contribution in [1.82, 2.24) is 25.8 Å². The molecule has 2 saturated heterocycles. The van der Waals surface area contributed by atoms with E-state index in [0.717, 1.165) is 50.9 Å². The molecule has 4 rings (SSSR count). The normalized spacial score (nSPS) is 27.4. The number of rotatable bonds is 6. The Morgan fingerprint density at radius 3 is 2.88 bits per heavy atom. The third-order valence-corrected chi connectivity index (χ3v) is 7.87. The molecular weight excluding hydrogens is 442 g/mol. The number of piperazine rings is 1. The molecule has 0 saturated carbocycles. The van der Waals surface area contributed by atoms with Gasteiger partial charge in [-0.05, 0) is 44.0 Å². The average Bonchev–Trinajstić information content (AvgIpc) is 3.46. The van der Waals surface area contributed by atoms with E-state index in [1.54, 1.807) is 0 Å². The summed E-state index contributed by atoms with van der Waals surface area (Å²) < 4.78 is 6.12. The summed E-state index contributed by atoms with van der Waals surface area (Å²) in [5, 5.41) is 13.0. The van der Waals surface area contributed by atoms with Gasteiger partial charge in [-0.25, -0.2) is 4.99 Å². The molecule has 0 amide bonds. The Bertz CT molecular complexity index is 860. The molecule has 8 nitrogen and oxygen atoms in total. The van der Waals surface area contributed by atoms with Crippen molar-refractivity contribution in [2.24, 2.45) is 9.98 Å². The maximum Gasteiger partial charge on any atom is 0.300 e. The number of hydrogen-bond donors (Lipinski definition) is 3. The second-order valence-corrected chi connectivity index (χ2v) is 10.2. The van der Waals surface area contributed by atoms with Crippen molar-refractivity contribution in [2.75, 3.05) is 39.8 Å². The average molecular weight is 476 g/mol. The zero-order valence-corrected chi connectivity index (χ0v) is 20.6. The number of thiophene rings is 1. The van der Waals surface area contributed by atoms with Crippen LogP contribution < -0.4 is 16.0 Å². The van der Waals surface area contributed by atoms with Crippen molar-refractivity contribution in [2.45, 2.75) is 37.3 Å². The highest BCUT2D eigenvalue weighted by Crippen LogP contribution is 2.37. The molecule has 3 atom stereocenters. The number of hydrogen-bond acceptors (Lipinski definition) is 10. The summed E-state index contributed by atoms with van der Waals surface area (Å²) in [5.74, 6) is 1.60. The van der Waals surface area contributed by atoms with Gasteiger partial charge in [0.15, 0.2) is 0 Å². The van der Waals surface area contributed by atoms with E-state index in [1.165, 1.54) is 4.88 Å². The Hall–Kier alpha value is -1.85. The highest BCUT2D eigenvalue weighted by Gasteiger charge is 2.31. The highest BCUT2D eigenvalue weighted by molar-refractivity contribution is 8.00. The maximum atomic E-state index is 6.12. The fourth-order valence-corrected chi connectivity index (χ4v) is 5.86. The third kappa shape index (κ3) is 6.14. The lowest BCUT2D eigenvalue weighted by Crippen LogP contribution is -2.56. The quantitative estimate of drug-likeness (QED) is 0.431. The summed E-state index contributed by atoms with van der Waals surface area (Å²) in [6.07, 6.45) is 6.45. The van der Waals surface area contributed by atoms with E-state index in [0.29, 0.717) is 11.3 Å². The van der Waals surface area contributed by atoms with Crippen LogP contribution in [0, 0.1) is 0 Å². The molecule has 0 bridgehead atoms. The van der Waals surface area contributed by atoms with E-state index in [4.69, 9.17) is 14.7 Å². The summed E-state index contributed by atoms with van der Waals surface area (Å²) in [6.45, 7) is 8.87. The molecule has 3 aliphatic heterocycles. The van der Waals surface area contributed by atoms with Gasteiger partial charge in [0.1, 0.15) is 11.3 Å². The Labute approximate surface area is 198 Å². The molecule has 1 aromatic heterocycles. The number of likely N-dealkylation sites (N-methyl/N-ethyl adjacent to an activating group) is 1. The van der Waals surface area contributed by atoms with Gasteiger partial charge in [-0.3, -0.25) is 16.0 Å². The summed E-state index contributed by atoms with van der Waals surface area (Å²) in [6, 6.07) is 4.79. The Morgan fingerprint density at radius 2 is 2.16 bits per heavy atom. The van der Waals surface area contributed by atoms with E-state index in [1.807, 2.05) is 48.3 Å². The van der Waals surface area contributed by atoms with Gasteiger partial charge in [-0.1, -0.05) is 19.1 Å². The second kappa shape index (κ2) is 11.3. The van der Waals surface area contributed by atoms with E-state index < -0.39 is 6.29 Å². The molecule has 0 spiro atoms. The zero-order chi connectivity index (χ0) is 22.3. The number of aliphatic imine (C=N–C) groups is 2. The van der Waals surface area contributed by atoms with Gasteiger partial charge in [0.05, 0.1) is 5.25 Å². The summed E-state index contributed by atoms with van der Waals surface area (Å²) >= 11 is 3.68. The van der Waals surface area contributed by atoms with Gasteiger partial charge in [-0.15, -0.1) is 23.1 Å². The number of ether oxygens (including phenoxy) is 1. The topological polar surface area (TPSA) is 76.5 Å². The van der Waals surface area contributed by atoms with Crippen molar-refractivity contribution < 1.29 is 4.74 Å². The first-order valence-corrected chi connectivity index (χ1v) is 13.0. The maximum absolute atomic E-state index is 6.12. The van der Waals surface area contributed by atoms with Crippen LogP contribution in [-0.4, -0.2) is 73.3 Å². The minimum atomic E-state index is -0.415. The first-order valence-electron chi connectivity index (χ1n) is 11.2. The van der Waals surface area contributed by atoms with Crippen LogP contribution in [0.3, 0.4) is 0 Å². The molecule has 0 aromatic carbocycles. The zero-order valence-electron chi connectivity index (χ0n) is 19.0. The Balaban J connectivity index is 1.47. The molecule has 0 radical (unpaired) electrons. The molecule has 174 valence electrons.